The highest BCUT2D eigenvalue weighted by Gasteiger charge is 2.20. The largest absolute Gasteiger partial charge is 0.375 e. The summed E-state index contributed by atoms with van der Waals surface area (Å²) >= 11 is 4.80. The van der Waals surface area contributed by atoms with Crippen molar-refractivity contribution in [3.63, 3.8) is 0 Å². The van der Waals surface area contributed by atoms with E-state index in [0.29, 0.717) is 10.7 Å². The molecule has 0 fully saturated rings. The van der Waals surface area contributed by atoms with Gasteiger partial charge < -0.3 is 5.73 Å². The standard InChI is InChI=1S/C12H12BrFN2S/c1-6(11-7(2)16-12(15)17-11)10-8(13)4-3-5-9(10)14/h3-6H,1-2H3,(H2,15,16). The van der Waals surface area contributed by atoms with Crippen LogP contribution in [0.2, 0.25) is 0 Å². The number of anilines is 1. The van der Waals surface area contributed by atoms with Crippen molar-refractivity contribution in [2.24, 2.45) is 0 Å². The van der Waals surface area contributed by atoms with Crippen LogP contribution >= 0.6 is 27.3 Å². The molecule has 1 heterocycles. The quantitative estimate of drug-likeness (QED) is 0.906. The highest BCUT2D eigenvalue weighted by atomic mass is 79.9. The second-order valence-electron chi connectivity index (χ2n) is 3.86. The fourth-order valence-corrected chi connectivity index (χ4v) is 3.47. The van der Waals surface area contributed by atoms with Gasteiger partial charge in [0.15, 0.2) is 5.13 Å². The van der Waals surface area contributed by atoms with E-state index in [1.54, 1.807) is 6.07 Å². The van der Waals surface area contributed by atoms with Gasteiger partial charge in [0.25, 0.3) is 0 Å². The molecule has 0 aliphatic carbocycles. The molecule has 0 aliphatic heterocycles. The molecular formula is C12H12BrFN2S. The number of hydrogen-bond acceptors (Lipinski definition) is 3. The Bertz CT molecular complexity index is 533. The first kappa shape index (κ1) is 12.5. The van der Waals surface area contributed by atoms with Crippen molar-refractivity contribution in [1.29, 1.82) is 0 Å². The molecule has 0 radical (unpaired) electrons. The molecule has 0 amide bonds. The molecule has 1 aromatic heterocycles. The summed E-state index contributed by atoms with van der Waals surface area (Å²) in [5, 5.41) is 0.525. The normalized spacial score (nSPS) is 12.7. The molecule has 2 aromatic rings. The van der Waals surface area contributed by atoms with Crippen molar-refractivity contribution in [2.75, 3.05) is 5.73 Å². The molecule has 90 valence electrons. The molecule has 1 aromatic carbocycles. The first-order valence-corrected chi connectivity index (χ1v) is 6.78. The molecule has 0 spiro atoms. The van der Waals surface area contributed by atoms with Crippen LogP contribution in [0.3, 0.4) is 0 Å². The highest BCUT2D eigenvalue weighted by Crippen LogP contribution is 2.37. The zero-order valence-corrected chi connectivity index (χ0v) is 11.9. The number of thiazole rings is 1. The molecular weight excluding hydrogens is 303 g/mol. The Morgan fingerprint density at radius 2 is 2.18 bits per heavy atom. The SMILES string of the molecule is Cc1nc(N)sc1C(C)c1c(F)cccc1Br. The van der Waals surface area contributed by atoms with E-state index >= 15 is 0 Å². The molecule has 2 rings (SSSR count). The van der Waals surface area contributed by atoms with Gasteiger partial charge in [0, 0.05) is 20.8 Å². The Morgan fingerprint density at radius 3 is 2.71 bits per heavy atom. The Hall–Kier alpha value is -0.940. The van der Waals surface area contributed by atoms with Crippen molar-refractivity contribution < 1.29 is 4.39 Å². The van der Waals surface area contributed by atoms with Crippen molar-refractivity contribution in [3.8, 4) is 0 Å². The third kappa shape index (κ3) is 2.35. The van der Waals surface area contributed by atoms with E-state index in [0.717, 1.165) is 15.0 Å². The number of rotatable bonds is 2. The second-order valence-corrected chi connectivity index (χ2v) is 5.78. The Balaban J connectivity index is 2.51. The van der Waals surface area contributed by atoms with Crippen LogP contribution in [0, 0.1) is 12.7 Å². The van der Waals surface area contributed by atoms with Gasteiger partial charge in [-0.15, -0.1) is 11.3 Å². The van der Waals surface area contributed by atoms with Crippen LogP contribution in [0.25, 0.3) is 0 Å². The first-order valence-electron chi connectivity index (χ1n) is 5.17. The molecule has 0 saturated carbocycles. The van der Waals surface area contributed by atoms with E-state index in [-0.39, 0.29) is 11.7 Å². The number of halogens is 2. The van der Waals surface area contributed by atoms with E-state index in [1.807, 2.05) is 19.9 Å². The van der Waals surface area contributed by atoms with Gasteiger partial charge in [-0.2, -0.15) is 0 Å². The predicted octanol–water partition coefficient (Wildman–Crippen LogP) is 4.09. The Labute approximate surface area is 112 Å². The molecule has 1 unspecified atom stereocenters. The predicted molar refractivity (Wildman–Crippen MR) is 72.9 cm³/mol. The fraction of sp³-hybridized carbons (Fsp3) is 0.250. The average Bonchev–Trinajstić information content (AvgIpc) is 2.57. The number of nitrogen functional groups attached to an aromatic ring is 1. The molecule has 2 N–H and O–H groups in total. The van der Waals surface area contributed by atoms with Gasteiger partial charge >= 0.3 is 0 Å². The molecule has 5 heteroatoms. The highest BCUT2D eigenvalue weighted by molar-refractivity contribution is 9.10. The number of nitrogens with two attached hydrogens (primary N) is 1. The summed E-state index contributed by atoms with van der Waals surface area (Å²) in [5.41, 5.74) is 7.20. The number of hydrogen-bond donors (Lipinski definition) is 1. The number of benzene rings is 1. The van der Waals surface area contributed by atoms with Gasteiger partial charge in [-0.25, -0.2) is 9.37 Å². The fourth-order valence-electron chi connectivity index (χ4n) is 1.89. The smallest absolute Gasteiger partial charge is 0.180 e. The van der Waals surface area contributed by atoms with E-state index in [9.17, 15) is 4.39 Å². The van der Waals surface area contributed by atoms with E-state index in [2.05, 4.69) is 20.9 Å². The molecule has 2 nitrogen and oxygen atoms in total. The minimum absolute atomic E-state index is 0.0552. The summed E-state index contributed by atoms with van der Waals surface area (Å²) in [5.74, 6) is -0.265. The summed E-state index contributed by atoms with van der Waals surface area (Å²) in [4.78, 5) is 5.18. The summed E-state index contributed by atoms with van der Waals surface area (Å²) < 4.78 is 14.6. The maximum atomic E-state index is 13.8. The third-order valence-electron chi connectivity index (χ3n) is 2.68. The van der Waals surface area contributed by atoms with Crippen molar-refractivity contribution in [2.45, 2.75) is 19.8 Å². The Kier molecular flexibility index (Phi) is 3.49. The molecule has 0 aliphatic rings. The topological polar surface area (TPSA) is 38.9 Å². The van der Waals surface area contributed by atoms with Gasteiger partial charge in [0.05, 0.1) is 5.69 Å². The average molecular weight is 315 g/mol. The van der Waals surface area contributed by atoms with Crippen LogP contribution in [-0.4, -0.2) is 4.98 Å². The lowest BCUT2D eigenvalue weighted by Crippen LogP contribution is -2.00. The lowest BCUT2D eigenvalue weighted by atomic mass is 9.98. The lowest BCUT2D eigenvalue weighted by Gasteiger charge is -2.13. The maximum Gasteiger partial charge on any atom is 0.180 e. The first-order chi connectivity index (χ1) is 8.00. The van der Waals surface area contributed by atoms with Crippen molar-refractivity contribution in [1.82, 2.24) is 4.98 Å². The minimum Gasteiger partial charge on any atom is -0.375 e. The Morgan fingerprint density at radius 1 is 1.47 bits per heavy atom. The van der Waals surface area contributed by atoms with Crippen LogP contribution in [0.1, 0.15) is 29.0 Å². The minimum atomic E-state index is -0.210. The number of aromatic nitrogens is 1. The lowest BCUT2D eigenvalue weighted by molar-refractivity contribution is 0.602. The van der Waals surface area contributed by atoms with Crippen LogP contribution < -0.4 is 5.73 Å². The zero-order valence-electron chi connectivity index (χ0n) is 9.50. The van der Waals surface area contributed by atoms with Gasteiger partial charge in [-0.1, -0.05) is 28.9 Å². The van der Waals surface area contributed by atoms with E-state index < -0.39 is 0 Å². The van der Waals surface area contributed by atoms with Crippen molar-refractivity contribution in [3.05, 3.63) is 44.6 Å². The van der Waals surface area contributed by atoms with Gasteiger partial charge in [0.1, 0.15) is 5.82 Å². The zero-order chi connectivity index (χ0) is 12.6. The number of aryl methyl sites for hydroxylation is 1. The van der Waals surface area contributed by atoms with Gasteiger partial charge in [-0.3, -0.25) is 0 Å². The van der Waals surface area contributed by atoms with Crippen LogP contribution in [0.5, 0.6) is 0 Å². The second kappa shape index (κ2) is 4.74. The van der Waals surface area contributed by atoms with Crippen LogP contribution in [0.15, 0.2) is 22.7 Å². The van der Waals surface area contributed by atoms with Crippen LogP contribution in [0.4, 0.5) is 9.52 Å². The molecule has 17 heavy (non-hydrogen) atoms. The summed E-state index contributed by atoms with van der Waals surface area (Å²) in [6, 6.07) is 4.99. The van der Waals surface area contributed by atoms with Gasteiger partial charge in [0.2, 0.25) is 0 Å². The van der Waals surface area contributed by atoms with Crippen LogP contribution in [-0.2, 0) is 0 Å². The third-order valence-corrected chi connectivity index (χ3v) is 4.54. The molecule has 0 bridgehead atoms. The summed E-state index contributed by atoms with van der Waals surface area (Å²) in [7, 11) is 0. The maximum absolute atomic E-state index is 13.8. The summed E-state index contributed by atoms with van der Waals surface area (Å²) in [6.45, 7) is 3.86. The number of nitrogens with zero attached hydrogens (tertiary/aromatic N) is 1. The van der Waals surface area contributed by atoms with E-state index in [4.69, 9.17) is 5.73 Å². The molecule has 1 atom stereocenters. The molecule has 0 saturated heterocycles. The van der Waals surface area contributed by atoms with Gasteiger partial charge in [-0.05, 0) is 19.1 Å². The van der Waals surface area contributed by atoms with Crippen molar-refractivity contribution >= 4 is 32.4 Å². The van der Waals surface area contributed by atoms with E-state index in [1.165, 1.54) is 17.4 Å². The monoisotopic (exact) mass is 314 g/mol. The summed E-state index contributed by atoms with van der Waals surface area (Å²) in [6.07, 6.45) is 0.